The quantitative estimate of drug-likeness (QED) is 0.356. The smallest absolute Gasteiger partial charge is 0.311 e. The van der Waals surface area contributed by atoms with Crippen LogP contribution >= 0.6 is 0 Å². The Kier molecular flexibility index (Phi) is 7.53. The monoisotopic (exact) mass is 407 g/mol. The number of hydrogen-bond acceptors (Lipinski definition) is 7. The number of hydrogen-bond donors (Lipinski definition) is 0. The first-order valence-electron chi connectivity index (χ1n) is 8.10. The first-order chi connectivity index (χ1) is 13.4. The molecule has 0 heterocycles. The predicted molar refractivity (Wildman–Crippen MR) is 107 cm³/mol. The summed E-state index contributed by atoms with van der Waals surface area (Å²) in [5.41, 5.74) is 1.00. The molecular formula is C19H21NO7S. The van der Waals surface area contributed by atoms with Crippen LogP contribution in [0.3, 0.4) is 0 Å². The van der Waals surface area contributed by atoms with E-state index in [1.54, 1.807) is 24.3 Å². The number of benzene rings is 2. The van der Waals surface area contributed by atoms with Gasteiger partial charge in [-0.1, -0.05) is 6.07 Å². The molecule has 9 heteroatoms. The normalized spacial score (nSPS) is 11.9. The summed E-state index contributed by atoms with van der Waals surface area (Å²) in [6.45, 7) is 0. The van der Waals surface area contributed by atoms with Crippen LogP contribution in [0.25, 0.3) is 6.08 Å². The molecule has 0 fully saturated rings. The first kappa shape index (κ1) is 21.4. The van der Waals surface area contributed by atoms with E-state index >= 15 is 0 Å². The molecule has 0 amide bonds. The van der Waals surface area contributed by atoms with Crippen molar-refractivity contribution in [2.45, 2.75) is 5.75 Å². The average molecular weight is 407 g/mol. The summed E-state index contributed by atoms with van der Waals surface area (Å²) in [7, 11) is 5.92. The topological polar surface area (TPSA) is 103 Å². The van der Waals surface area contributed by atoms with E-state index in [4.69, 9.17) is 18.9 Å². The molecule has 1 atom stereocenters. The minimum atomic E-state index is -1.42. The van der Waals surface area contributed by atoms with Crippen molar-refractivity contribution < 1.29 is 28.4 Å². The van der Waals surface area contributed by atoms with E-state index in [1.807, 2.05) is 0 Å². The Balaban J connectivity index is 2.24. The van der Waals surface area contributed by atoms with Crippen LogP contribution in [0, 0.1) is 10.1 Å². The molecule has 150 valence electrons. The van der Waals surface area contributed by atoms with Crippen LogP contribution in [0.2, 0.25) is 0 Å². The highest BCUT2D eigenvalue weighted by Gasteiger charge is 2.17. The molecule has 8 nitrogen and oxygen atoms in total. The van der Waals surface area contributed by atoms with E-state index in [1.165, 1.54) is 46.0 Å². The molecule has 0 spiro atoms. The van der Waals surface area contributed by atoms with Gasteiger partial charge in [0.2, 0.25) is 0 Å². The maximum atomic E-state index is 12.5. The van der Waals surface area contributed by atoms with Gasteiger partial charge in [-0.15, -0.1) is 0 Å². The average Bonchev–Trinajstić information content (AvgIpc) is 2.71. The van der Waals surface area contributed by atoms with Crippen molar-refractivity contribution in [2.75, 3.05) is 28.4 Å². The van der Waals surface area contributed by atoms with Gasteiger partial charge in [0.1, 0.15) is 28.4 Å². The maximum Gasteiger partial charge on any atom is 0.311 e. The van der Waals surface area contributed by atoms with Gasteiger partial charge in [-0.25, -0.2) is 0 Å². The van der Waals surface area contributed by atoms with Gasteiger partial charge >= 0.3 is 5.69 Å². The number of nitro benzene ring substituents is 1. The summed E-state index contributed by atoms with van der Waals surface area (Å²) < 4.78 is 33.3. The van der Waals surface area contributed by atoms with Gasteiger partial charge in [-0.2, -0.15) is 0 Å². The van der Waals surface area contributed by atoms with Crippen molar-refractivity contribution in [1.29, 1.82) is 0 Å². The summed E-state index contributed by atoms with van der Waals surface area (Å²) in [5, 5.41) is 12.6. The number of ether oxygens (including phenoxy) is 4. The highest BCUT2D eigenvalue weighted by Crippen LogP contribution is 2.35. The van der Waals surface area contributed by atoms with Crippen molar-refractivity contribution in [2.24, 2.45) is 0 Å². The number of methoxy groups -OCH3 is 4. The van der Waals surface area contributed by atoms with Crippen molar-refractivity contribution >= 4 is 22.9 Å². The molecule has 2 rings (SSSR count). The molecule has 2 aromatic rings. The number of rotatable bonds is 9. The van der Waals surface area contributed by atoms with Crippen LogP contribution in [0.4, 0.5) is 5.69 Å². The molecule has 0 aliphatic carbocycles. The first-order valence-corrected chi connectivity index (χ1v) is 9.48. The zero-order valence-electron chi connectivity index (χ0n) is 16.0. The van der Waals surface area contributed by atoms with E-state index in [2.05, 4.69) is 0 Å². The zero-order valence-corrected chi connectivity index (χ0v) is 16.8. The fourth-order valence-electron chi connectivity index (χ4n) is 2.52. The van der Waals surface area contributed by atoms with Crippen LogP contribution in [-0.2, 0) is 16.9 Å². The second-order valence-corrected chi connectivity index (χ2v) is 6.86. The third-order valence-electron chi connectivity index (χ3n) is 3.89. The minimum Gasteiger partial charge on any atom is -0.612 e. The van der Waals surface area contributed by atoms with E-state index in [0.717, 1.165) is 0 Å². The van der Waals surface area contributed by atoms with Gasteiger partial charge in [0, 0.05) is 29.8 Å². The minimum absolute atomic E-state index is 0.113. The molecule has 0 saturated carbocycles. The molecule has 0 aliphatic heterocycles. The molecule has 0 N–H and O–H groups in total. The van der Waals surface area contributed by atoms with Crippen LogP contribution in [0.1, 0.15) is 11.1 Å². The SMILES string of the molecule is COc1cc(OC)c(/C=C/[S+]([O-])Cc2ccc(OC)c([N+](=O)[O-])c2)c(OC)c1. The Morgan fingerprint density at radius 2 is 1.57 bits per heavy atom. The Morgan fingerprint density at radius 3 is 2.07 bits per heavy atom. The molecule has 0 saturated heterocycles. The summed E-state index contributed by atoms with van der Waals surface area (Å²) in [5.74, 6) is 1.84. The van der Waals surface area contributed by atoms with Gasteiger partial charge in [0.25, 0.3) is 0 Å². The van der Waals surface area contributed by atoms with Crippen molar-refractivity contribution in [1.82, 2.24) is 0 Å². The van der Waals surface area contributed by atoms with Gasteiger partial charge < -0.3 is 23.5 Å². The lowest BCUT2D eigenvalue weighted by Gasteiger charge is -2.13. The lowest BCUT2D eigenvalue weighted by Crippen LogP contribution is -2.02. The number of nitro groups is 1. The zero-order chi connectivity index (χ0) is 20.7. The second kappa shape index (κ2) is 9.86. The van der Waals surface area contributed by atoms with E-state index in [-0.39, 0.29) is 17.2 Å². The largest absolute Gasteiger partial charge is 0.612 e. The Labute approximate surface area is 166 Å². The molecule has 0 bridgehead atoms. The second-order valence-electron chi connectivity index (χ2n) is 5.54. The van der Waals surface area contributed by atoms with E-state index in [0.29, 0.717) is 28.4 Å². The Bertz CT molecular complexity index is 844. The van der Waals surface area contributed by atoms with Gasteiger partial charge in [0.15, 0.2) is 5.75 Å². The van der Waals surface area contributed by atoms with Crippen molar-refractivity contribution in [3.8, 4) is 23.0 Å². The van der Waals surface area contributed by atoms with Gasteiger partial charge in [-0.3, -0.25) is 10.1 Å². The van der Waals surface area contributed by atoms with Crippen molar-refractivity contribution in [3.05, 3.63) is 57.0 Å². The van der Waals surface area contributed by atoms with Gasteiger partial charge in [-0.05, 0) is 17.2 Å². The molecule has 0 aromatic heterocycles. The third-order valence-corrected chi connectivity index (χ3v) is 4.95. The maximum absolute atomic E-state index is 12.5. The highest BCUT2D eigenvalue weighted by atomic mass is 32.2. The predicted octanol–water partition coefficient (Wildman–Crippen LogP) is 3.55. The van der Waals surface area contributed by atoms with Crippen LogP contribution in [-0.4, -0.2) is 37.9 Å². The van der Waals surface area contributed by atoms with Crippen LogP contribution in [0.15, 0.2) is 35.7 Å². The Morgan fingerprint density at radius 1 is 0.964 bits per heavy atom. The number of nitrogens with zero attached hydrogens (tertiary/aromatic N) is 1. The van der Waals surface area contributed by atoms with Crippen LogP contribution < -0.4 is 18.9 Å². The molecule has 1 unspecified atom stereocenters. The van der Waals surface area contributed by atoms with Crippen LogP contribution in [0.5, 0.6) is 23.0 Å². The van der Waals surface area contributed by atoms with Crippen molar-refractivity contribution in [3.63, 3.8) is 0 Å². The molecule has 2 aromatic carbocycles. The van der Waals surface area contributed by atoms with Gasteiger partial charge in [0.05, 0.1) is 38.9 Å². The fraction of sp³-hybridized carbons (Fsp3) is 0.263. The summed E-state index contributed by atoms with van der Waals surface area (Å²) in [4.78, 5) is 10.6. The molecule has 28 heavy (non-hydrogen) atoms. The third kappa shape index (κ3) is 5.08. The summed E-state index contributed by atoms with van der Waals surface area (Å²) >= 11 is -1.42. The van der Waals surface area contributed by atoms with E-state index < -0.39 is 16.1 Å². The molecule has 0 aliphatic rings. The summed E-state index contributed by atoms with van der Waals surface area (Å²) in [6.07, 6.45) is 1.63. The lowest BCUT2D eigenvalue weighted by molar-refractivity contribution is -0.385. The lowest BCUT2D eigenvalue weighted by atomic mass is 10.1. The molecular weight excluding hydrogens is 386 g/mol. The Hall–Kier alpha value is -2.91. The standard InChI is InChI=1S/C19H21NO7S/c1-24-14-10-18(26-3)15(19(11-14)27-4)7-8-28(23)12-13-5-6-17(25-2)16(9-13)20(21)22/h5-11H,12H2,1-4H3/b8-7+. The molecule has 0 radical (unpaired) electrons. The summed E-state index contributed by atoms with van der Waals surface area (Å²) in [6, 6.07) is 7.88. The highest BCUT2D eigenvalue weighted by molar-refractivity contribution is 7.93. The van der Waals surface area contributed by atoms with E-state index in [9.17, 15) is 14.7 Å². The fourth-order valence-corrected chi connectivity index (χ4v) is 3.41.